The predicted octanol–water partition coefficient (Wildman–Crippen LogP) is 1.45. The Morgan fingerprint density at radius 3 is 2.86 bits per heavy atom. The van der Waals surface area contributed by atoms with Crippen molar-refractivity contribution in [1.29, 1.82) is 0 Å². The van der Waals surface area contributed by atoms with Crippen molar-refractivity contribution in [2.45, 2.75) is 31.8 Å². The normalized spacial score (nSPS) is 17.5. The van der Waals surface area contributed by atoms with Gasteiger partial charge in [0.2, 0.25) is 5.91 Å². The molecule has 0 radical (unpaired) electrons. The van der Waals surface area contributed by atoms with Gasteiger partial charge in [-0.3, -0.25) is 9.36 Å². The molecule has 1 aromatic heterocycles. The second kappa shape index (κ2) is 7.91. The first-order chi connectivity index (χ1) is 10.3. The van der Waals surface area contributed by atoms with Crippen LogP contribution in [0.4, 0.5) is 0 Å². The first-order valence-corrected chi connectivity index (χ1v) is 7.30. The summed E-state index contributed by atoms with van der Waals surface area (Å²) in [5.41, 5.74) is 0.988. The Labute approximate surface area is 135 Å². The zero-order chi connectivity index (χ0) is 14.5. The van der Waals surface area contributed by atoms with Crippen molar-refractivity contribution in [2.24, 2.45) is 0 Å². The molecule has 1 atom stereocenters. The fourth-order valence-electron chi connectivity index (χ4n) is 2.55. The summed E-state index contributed by atoms with van der Waals surface area (Å²) in [7, 11) is 0. The molecule has 2 aromatic rings. The first-order valence-electron chi connectivity index (χ1n) is 7.30. The van der Waals surface area contributed by atoms with Gasteiger partial charge in [0, 0.05) is 5.69 Å². The van der Waals surface area contributed by atoms with Crippen LogP contribution in [0.15, 0.2) is 36.7 Å². The molecule has 2 heterocycles. The Bertz CT molecular complexity index is 595. The van der Waals surface area contributed by atoms with E-state index in [4.69, 9.17) is 0 Å². The van der Waals surface area contributed by atoms with E-state index in [2.05, 4.69) is 20.8 Å². The second-order valence-electron chi connectivity index (χ2n) is 5.17. The third-order valence-corrected chi connectivity index (χ3v) is 3.70. The highest BCUT2D eigenvalue weighted by molar-refractivity contribution is 5.85. The fraction of sp³-hybridized carbons (Fsp3) is 0.400. The molecule has 1 saturated heterocycles. The molecular formula is C15H20ClN5O. The molecular weight excluding hydrogens is 302 g/mol. The highest BCUT2D eigenvalue weighted by atomic mass is 35.5. The smallest absolute Gasteiger partial charge is 0.237 e. The van der Waals surface area contributed by atoms with Gasteiger partial charge < -0.3 is 10.6 Å². The summed E-state index contributed by atoms with van der Waals surface area (Å²) in [5, 5.41) is 14.2. The Kier molecular flexibility index (Phi) is 5.91. The molecule has 7 heteroatoms. The molecule has 2 N–H and O–H groups in total. The minimum atomic E-state index is -0.0770. The van der Waals surface area contributed by atoms with Gasteiger partial charge in [-0.25, -0.2) is 0 Å². The lowest BCUT2D eigenvalue weighted by atomic mass is 10.0. The highest BCUT2D eigenvalue weighted by Crippen LogP contribution is 2.10. The summed E-state index contributed by atoms with van der Waals surface area (Å²) in [6, 6.07) is 9.78. The molecule has 3 rings (SSSR count). The van der Waals surface area contributed by atoms with Crippen molar-refractivity contribution in [3.63, 3.8) is 0 Å². The molecule has 0 aliphatic carbocycles. The number of piperidine rings is 1. The first kappa shape index (κ1) is 16.5. The molecule has 0 saturated carbocycles. The number of amides is 1. The van der Waals surface area contributed by atoms with Gasteiger partial charge in [0.25, 0.3) is 0 Å². The van der Waals surface area contributed by atoms with Gasteiger partial charge in [0.1, 0.15) is 6.33 Å². The van der Waals surface area contributed by atoms with Gasteiger partial charge in [0.15, 0.2) is 5.82 Å². The topological polar surface area (TPSA) is 71.8 Å². The number of nitrogens with zero attached hydrogens (tertiary/aromatic N) is 3. The van der Waals surface area contributed by atoms with Gasteiger partial charge >= 0.3 is 0 Å². The van der Waals surface area contributed by atoms with Gasteiger partial charge in [-0.05, 0) is 31.5 Å². The molecule has 118 valence electrons. The minimum absolute atomic E-state index is 0. The van der Waals surface area contributed by atoms with Crippen molar-refractivity contribution < 1.29 is 4.79 Å². The monoisotopic (exact) mass is 321 g/mol. The molecule has 1 amide bonds. The van der Waals surface area contributed by atoms with Crippen LogP contribution in [-0.2, 0) is 11.3 Å². The Balaban J connectivity index is 0.00000176. The number of aromatic nitrogens is 3. The van der Waals surface area contributed by atoms with Gasteiger partial charge in [-0.15, -0.1) is 22.6 Å². The summed E-state index contributed by atoms with van der Waals surface area (Å²) in [4.78, 5) is 12.1. The van der Waals surface area contributed by atoms with Crippen molar-refractivity contribution in [1.82, 2.24) is 25.4 Å². The van der Waals surface area contributed by atoms with Crippen LogP contribution >= 0.6 is 12.4 Å². The molecule has 0 spiro atoms. The number of para-hydroxylation sites is 1. The SMILES string of the molecule is Cl.O=C(NCc1nncn1-c1ccccc1)C1CCCCN1. The lowest BCUT2D eigenvalue weighted by Crippen LogP contribution is -2.46. The molecule has 1 aliphatic rings. The van der Waals surface area contributed by atoms with Crippen LogP contribution in [0.5, 0.6) is 0 Å². The highest BCUT2D eigenvalue weighted by Gasteiger charge is 2.20. The standard InChI is InChI=1S/C15H19N5O.ClH/c21-15(13-8-4-5-9-16-13)17-10-14-19-18-11-20(14)12-6-2-1-3-7-12;/h1-3,6-7,11,13,16H,4-5,8-10H2,(H,17,21);1H. The number of hydrogen-bond acceptors (Lipinski definition) is 4. The number of nitrogens with one attached hydrogen (secondary N) is 2. The molecule has 6 nitrogen and oxygen atoms in total. The zero-order valence-electron chi connectivity index (χ0n) is 12.2. The second-order valence-corrected chi connectivity index (χ2v) is 5.17. The maximum atomic E-state index is 12.1. The molecule has 1 unspecified atom stereocenters. The minimum Gasteiger partial charge on any atom is -0.347 e. The summed E-state index contributed by atoms with van der Waals surface area (Å²) in [6.07, 6.45) is 4.81. The third-order valence-electron chi connectivity index (χ3n) is 3.70. The largest absolute Gasteiger partial charge is 0.347 e. The van der Waals surface area contributed by atoms with Crippen LogP contribution < -0.4 is 10.6 Å². The number of carbonyl (C=O) groups is 1. The Morgan fingerprint density at radius 2 is 2.14 bits per heavy atom. The number of halogens is 1. The van der Waals surface area contributed by atoms with Crippen LogP contribution in [0, 0.1) is 0 Å². The van der Waals surface area contributed by atoms with Gasteiger partial charge in [0.05, 0.1) is 12.6 Å². The van der Waals surface area contributed by atoms with E-state index < -0.39 is 0 Å². The van der Waals surface area contributed by atoms with Crippen molar-refractivity contribution >= 4 is 18.3 Å². The van der Waals surface area contributed by atoms with Crippen molar-refractivity contribution in [3.05, 3.63) is 42.5 Å². The molecule has 1 fully saturated rings. The van der Waals surface area contributed by atoms with Crippen LogP contribution in [0.25, 0.3) is 5.69 Å². The summed E-state index contributed by atoms with van der Waals surface area (Å²) >= 11 is 0. The lowest BCUT2D eigenvalue weighted by Gasteiger charge is -2.22. The van der Waals surface area contributed by atoms with E-state index in [1.165, 1.54) is 0 Å². The van der Waals surface area contributed by atoms with E-state index >= 15 is 0 Å². The zero-order valence-corrected chi connectivity index (χ0v) is 13.1. The van der Waals surface area contributed by atoms with Crippen molar-refractivity contribution in [3.8, 4) is 5.69 Å². The number of rotatable bonds is 4. The summed E-state index contributed by atoms with van der Waals surface area (Å²) in [5.74, 6) is 0.766. The van der Waals surface area contributed by atoms with E-state index in [1.807, 2.05) is 34.9 Å². The number of benzene rings is 1. The third kappa shape index (κ3) is 3.84. The van der Waals surface area contributed by atoms with E-state index in [9.17, 15) is 4.79 Å². The van der Waals surface area contributed by atoms with Crippen LogP contribution in [0.3, 0.4) is 0 Å². The van der Waals surface area contributed by atoms with Crippen molar-refractivity contribution in [2.75, 3.05) is 6.54 Å². The molecule has 1 aliphatic heterocycles. The van der Waals surface area contributed by atoms with Gasteiger partial charge in [-0.2, -0.15) is 0 Å². The Hall–Kier alpha value is -1.92. The number of hydrogen-bond donors (Lipinski definition) is 2. The average molecular weight is 322 g/mol. The predicted molar refractivity (Wildman–Crippen MR) is 86.1 cm³/mol. The van der Waals surface area contributed by atoms with E-state index in [-0.39, 0.29) is 24.4 Å². The van der Waals surface area contributed by atoms with Crippen LogP contribution in [0.2, 0.25) is 0 Å². The maximum Gasteiger partial charge on any atom is 0.237 e. The van der Waals surface area contributed by atoms with Crippen LogP contribution in [-0.4, -0.2) is 33.3 Å². The van der Waals surface area contributed by atoms with Gasteiger partial charge in [-0.1, -0.05) is 24.6 Å². The number of carbonyl (C=O) groups excluding carboxylic acids is 1. The summed E-state index contributed by atoms with van der Waals surface area (Å²) < 4.78 is 1.88. The molecule has 1 aromatic carbocycles. The molecule has 22 heavy (non-hydrogen) atoms. The quantitative estimate of drug-likeness (QED) is 0.894. The molecule has 0 bridgehead atoms. The fourth-order valence-corrected chi connectivity index (χ4v) is 2.55. The van der Waals surface area contributed by atoms with E-state index in [1.54, 1.807) is 6.33 Å². The average Bonchev–Trinajstić information content (AvgIpc) is 3.03. The summed E-state index contributed by atoms with van der Waals surface area (Å²) in [6.45, 7) is 1.30. The van der Waals surface area contributed by atoms with Crippen LogP contribution in [0.1, 0.15) is 25.1 Å². The Morgan fingerprint density at radius 1 is 1.32 bits per heavy atom. The lowest BCUT2D eigenvalue weighted by molar-refractivity contribution is -0.123. The maximum absolute atomic E-state index is 12.1. The van der Waals surface area contributed by atoms with E-state index in [0.29, 0.717) is 6.54 Å². The van der Waals surface area contributed by atoms with E-state index in [0.717, 1.165) is 37.3 Å².